The smallest absolute Gasteiger partial charge is 0.237 e. The van der Waals surface area contributed by atoms with E-state index in [4.69, 9.17) is 0 Å². The lowest BCUT2D eigenvalue weighted by Gasteiger charge is -2.16. The van der Waals surface area contributed by atoms with Gasteiger partial charge >= 0.3 is 0 Å². The maximum absolute atomic E-state index is 11.7. The summed E-state index contributed by atoms with van der Waals surface area (Å²) in [6.45, 7) is 8.55. The van der Waals surface area contributed by atoms with Gasteiger partial charge < -0.3 is 10.6 Å². The third-order valence-corrected chi connectivity index (χ3v) is 3.55. The number of rotatable bonds is 5. The van der Waals surface area contributed by atoms with Crippen molar-refractivity contribution in [3.05, 3.63) is 33.8 Å². The molecule has 0 radical (unpaired) electrons. The van der Waals surface area contributed by atoms with Crippen LogP contribution in [-0.2, 0) is 11.3 Å². The van der Waals surface area contributed by atoms with Gasteiger partial charge in [-0.2, -0.15) is 0 Å². The van der Waals surface area contributed by atoms with Crippen LogP contribution >= 0.6 is 15.9 Å². The molecule has 0 aliphatic heterocycles. The average molecular weight is 313 g/mol. The predicted octanol–water partition coefficient (Wildman–Crippen LogP) is 2.76. The summed E-state index contributed by atoms with van der Waals surface area (Å²) < 4.78 is 1.11. The molecule has 1 amide bonds. The van der Waals surface area contributed by atoms with Crippen molar-refractivity contribution < 1.29 is 4.79 Å². The largest absolute Gasteiger partial charge is 0.353 e. The zero-order valence-electron chi connectivity index (χ0n) is 11.4. The number of carbonyl (C=O) groups excluding carboxylic acids is 1. The lowest BCUT2D eigenvalue weighted by Crippen LogP contribution is -2.44. The second-order valence-corrected chi connectivity index (χ2v) is 5.70. The maximum Gasteiger partial charge on any atom is 0.237 e. The van der Waals surface area contributed by atoms with Crippen LogP contribution in [0.15, 0.2) is 22.7 Å². The number of benzene rings is 1. The molecule has 1 atom stereocenters. The molecule has 18 heavy (non-hydrogen) atoms. The normalized spacial score (nSPS) is 12.6. The molecule has 0 aliphatic carbocycles. The first-order valence-electron chi connectivity index (χ1n) is 6.19. The number of hydrogen-bond donors (Lipinski definition) is 2. The zero-order valence-corrected chi connectivity index (χ0v) is 13.0. The summed E-state index contributed by atoms with van der Waals surface area (Å²) in [5.74, 6) is 0.0406. The van der Waals surface area contributed by atoms with Crippen LogP contribution in [0, 0.1) is 6.92 Å². The van der Waals surface area contributed by atoms with Crippen molar-refractivity contribution in [1.29, 1.82) is 0 Å². The van der Waals surface area contributed by atoms with E-state index in [1.54, 1.807) is 0 Å². The summed E-state index contributed by atoms with van der Waals surface area (Å²) >= 11 is 3.48. The minimum absolute atomic E-state index is 0.0406. The van der Waals surface area contributed by atoms with Crippen LogP contribution in [0.3, 0.4) is 0 Å². The van der Waals surface area contributed by atoms with Crippen molar-refractivity contribution in [2.45, 2.75) is 46.3 Å². The molecule has 1 aromatic carbocycles. The Labute approximate surface area is 117 Å². The van der Waals surface area contributed by atoms with E-state index < -0.39 is 0 Å². The number of hydrogen-bond acceptors (Lipinski definition) is 2. The van der Waals surface area contributed by atoms with E-state index >= 15 is 0 Å². The van der Waals surface area contributed by atoms with Gasteiger partial charge in [-0.25, -0.2) is 0 Å². The van der Waals surface area contributed by atoms with Gasteiger partial charge in [0.1, 0.15) is 0 Å². The minimum atomic E-state index is -0.184. The molecule has 0 aromatic heterocycles. The molecular weight excluding hydrogens is 292 g/mol. The molecule has 1 rings (SSSR count). The summed E-state index contributed by atoms with van der Waals surface area (Å²) in [6.07, 6.45) is 0. The SMILES string of the molecule is Cc1cc(CNC(C)C(=O)NC(C)C)ccc1Br. The molecule has 0 saturated heterocycles. The first-order chi connectivity index (χ1) is 8.40. The van der Waals surface area contributed by atoms with E-state index in [2.05, 4.69) is 45.6 Å². The van der Waals surface area contributed by atoms with Gasteiger partial charge in [0.05, 0.1) is 6.04 Å². The average Bonchev–Trinajstić information content (AvgIpc) is 2.29. The third-order valence-electron chi connectivity index (χ3n) is 2.66. The first-order valence-corrected chi connectivity index (χ1v) is 6.98. The van der Waals surface area contributed by atoms with Crippen LogP contribution in [0.1, 0.15) is 31.9 Å². The van der Waals surface area contributed by atoms with E-state index in [1.807, 2.05) is 26.8 Å². The van der Waals surface area contributed by atoms with Gasteiger partial charge in [-0.05, 0) is 44.9 Å². The number of aryl methyl sites for hydroxylation is 1. The summed E-state index contributed by atoms with van der Waals surface area (Å²) in [7, 11) is 0. The highest BCUT2D eigenvalue weighted by atomic mass is 79.9. The summed E-state index contributed by atoms with van der Waals surface area (Å²) in [4.78, 5) is 11.7. The van der Waals surface area contributed by atoms with E-state index in [9.17, 15) is 4.79 Å². The molecular formula is C14H21BrN2O. The Morgan fingerprint density at radius 2 is 2.00 bits per heavy atom. The molecule has 0 heterocycles. The molecule has 3 nitrogen and oxygen atoms in total. The standard InChI is InChI=1S/C14H21BrN2O/c1-9(2)17-14(18)11(4)16-8-12-5-6-13(15)10(3)7-12/h5-7,9,11,16H,8H2,1-4H3,(H,17,18). The van der Waals surface area contributed by atoms with Crippen molar-refractivity contribution in [3.63, 3.8) is 0 Å². The van der Waals surface area contributed by atoms with Crippen molar-refractivity contribution in [3.8, 4) is 0 Å². The highest BCUT2D eigenvalue weighted by molar-refractivity contribution is 9.10. The molecule has 1 aromatic rings. The monoisotopic (exact) mass is 312 g/mol. The Bertz CT molecular complexity index is 418. The Morgan fingerprint density at radius 3 is 2.56 bits per heavy atom. The molecule has 0 saturated carbocycles. The number of amides is 1. The number of carbonyl (C=O) groups is 1. The molecule has 0 spiro atoms. The van der Waals surface area contributed by atoms with Gasteiger partial charge in [-0.15, -0.1) is 0 Å². The quantitative estimate of drug-likeness (QED) is 0.877. The van der Waals surface area contributed by atoms with E-state index in [0.717, 1.165) is 4.47 Å². The first kappa shape index (κ1) is 15.2. The lowest BCUT2D eigenvalue weighted by molar-refractivity contribution is -0.123. The minimum Gasteiger partial charge on any atom is -0.353 e. The van der Waals surface area contributed by atoms with Crippen LogP contribution in [-0.4, -0.2) is 18.0 Å². The van der Waals surface area contributed by atoms with E-state index in [1.165, 1.54) is 11.1 Å². The third kappa shape index (κ3) is 4.78. The van der Waals surface area contributed by atoms with E-state index in [-0.39, 0.29) is 18.0 Å². The van der Waals surface area contributed by atoms with Crippen LogP contribution in [0.25, 0.3) is 0 Å². The van der Waals surface area contributed by atoms with Crippen LogP contribution < -0.4 is 10.6 Å². The van der Waals surface area contributed by atoms with Crippen LogP contribution in [0.2, 0.25) is 0 Å². The van der Waals surface area contributed by atoms with Gasteiger partial charge in [0.25, 0.3) is 0 Å². The summed E-state index contributed by atoms with van der Waals surface area (Å²) in [5.41, 5.74) is 2.38. The van der Waals surface area contributed by atoms with Crippen molar-refractivity contribution in [2.75, 3.05) is 0 Å². The maximum atomic E-state index is 11.7. The highest BCUT2D eigenvalue weighted by Gasteiger charge is 2.12. The zero-order chi connectivity index (χ0) is 13.7. The fourth-order valence-corrected chi connectivity index (χ4v) is 1.84. The Morgan fingerprint density at radius 1 is 1.33 bits per heavy atom. The van der Waals surface area contributed by atoms with Gasteiger partial charge in [-0.1, -0.05) is 28.1 Å². The molecule has 2 N–H and O–H groups in total. The molecule has 4 heteroatoms. The van der Waals surface area contributed by atoms with Crippen molar-refractivity contribution in [2.24, 2.45) is 0 Å². The second-order valence-electron chi connectivity index (χ2n) is 4.85. The van der Waals surface area contributed by atoms with E-state index in [0.29, 0.717) is 6.54 Å². The Hall–Kier alpha value is -0.870. The summed E-state index contributed by atoms with van der Waals surface area (Å²) in [6, 6.07) is 6.19. The molecule has 0 bridgehead atoms. The fourth-order valence-electron chi connectivity index (χ4n) is 1.59. The molecule has 0 aliphatic rings. The Balaban J connectivity index is 2.49. The van der Waals surface area contributed by atoms with Crippen molar-refractivity contribution >= 4 is 21.8 Å². The van der Waals surface area contributed by atoms with Gasteiger partial charge in [-0.3, -0.25) is 4.79 Å². The van der Waals surface area contributed by atoms with Crippen molar-refractivity contribution in [1.82, 2.24) is 10.6 Å². The fraction of sp³-hybridized carbons (Fsp3) is 0.500. The highest BCUT2D eigenvalue weighted by Crippen LogP contribution is 2.16. The number of nitrogens with one attached hydrogen (secondary N) is 2. The molecule has 0 fully saturated rings. The second kappa shape index (κ2) is 6.90. The van der Waals surface area contributed by atoms with Gasteiger partial charge in [0.2, 0.25) is 5.91 Å². The number of halogens is 1. The Kier molecular flexibility index (Phi) is 5.82. The van der Waals surface area contributed by atoms with Crippen LogP contribution in [0.4, 0.5) is 0 Å². The van der Waals surface area contributed by atoms with Gasteiger partial charge in [0, 0.05) is 17.1 Å². The summed E-state index contributed by atoms with van der Waals surface area (Å²) in [5, 5.41) is 6.11. The lowest BCUT2D eigenvalue weighted by atomic mass is 10.1. The molecule has 1 unspecified atom stereocenters. The topological polar surface area (TPSA) is 41.1 Å². The van der Waals surface area contributed by atoms with Gasteiger partial charge in [0.15, 0.2) is 0 Å². The predicted molar refractivity (Wildman–Crippen MR) is 78.5 cm³/mol. The van der Waals surface area contributed by atoms with Crippen LogP contribution in [0.5, 0.6) is 0 Å². The molecule has 100 valence electrons.